The number of carbonyl (C=O) groups is 3. The molecule has 4 rings (SSSR count). The minimum absolute atomic E-state index is 0.00157. The number of aryl methyl sites for hydroxylation is 2. The van der Waals surface area contributed by atoms with Gasteiger partial charge in [0.05, 0.1) is 24.0 Å². The van der Waals surface area contributed by atoms with Gasteiger partial charge in [0.2, 0.25) is 0 Å². The predicted octanol–water partition coefficient (Wildman–Crippen LogP) is 4.07. The molecule has 2 amide bonds. The van der Waals surface area contributed by atoms with Crippen LogP contribution in [0.4, 0.5) is 11.4 Å². The lowest BCUT2D eigenvalue weighted by Gasteiger charge is -2.37. The number of nitrogens with one attached hydrogen (secondary N) is 1. The summed E-state index contributed by atoms with van der Waals surface area (Å²) in [5.74, 6) is -0.231. The fourth-order valence-electron chi connectivity index (χ4n) is 4.21. The molecule has 0 aromatic heterocycles. The van der Waals surface area contributed by atoms with Crippen molar-refractivity contribution < 1.29 is 23.9 Å². The molecule has 3 aromatic rings. The Labute approximate surface area is 216 Å². The van der Waals surface area contributed by atoms with E-state index in [2.05, 4.69) is 10.2 Å². The molecule has 8 nitrogen and oxygen atoms in total. The van der Waals surface area contributed by atoms with E-state index in [1.54, 1.807) is 18.2 Å². The minimum Gasteiger partial charge on any atom is -0.484 e. The van der Waals surface area contributed by atoms with Gasteiger partial charge in [0, 0.05) is 31.7 Å². The summed E-state index contributed by atoms with van der Waals surface area (Å²) < 4.78 is 10.5. The van der Waals surface area contributed by atoms with Gasteiger partial charge in [0.15, 0.2) is 6.61 Å². The lowest BCUT2D eigenvalue weighted by molar-refractivity contribution is -0.118. The summed E-state index contributed by atoms with van der Waals surface area (Å²) in [5.41, 5.74) is 4.46. The second kappa shape index (κ2) is 11.6. The highest BCUT2D eigenvalue weighted by atomic mass is 16.5. The fraction of sp³-hybridized carbons (Fsp3) is 0.276. The van der Waals surface area contributed by atoms with Crippen molar-refractivity contribution in [3.63, 3.8) is 0 Å². The fourth-order valence-corrected chi connectivity index (χ4v) is 4.21. The first kappa shape index (κ1) is 25.8. The van der Waals surface area contributed by atoms with E-state index in [9.17, 15) is 14.4 Å². The molecule has 0 aliphatic carbocycles. The number of esters is 1. The molecule has 192 valence electrons. The molecule has 0 bridgehead atoms. The highest BCUT2D eigenvalue weighted by Gasteiger charge is 2.24. The largest absolute Gasteiger partial charge is 0.484 e. The Hall–Kier alpha value is -4.33. The minimum atomic E-state index is -0.494. The second-order valence-corrected chi connectivity index (χ2v) is 8.95. The van der Waals surface area contributed by atoms with Crippen LogP contribution >= 0.6 is 0 Å². The van der Waals surface area contributed by atoms with Gasteiger partial charge in [0.1, 0.15) is 5.75 Å². The molecule has 37 heavy (non-hydrogen) atoms. The Morgan fingerprint density at radius 2 is 1.57 bits per heavy atom. The van der Waals surface area contributed by atoms with Crippen LogP contribution in [0.15, 0.2) is 66.7 Å². The molecular weight excluding hydrogens is 470 g/mol. The van der Waals surface area contributed by atoms with E-state index in [1.165, 1.54) is 7.11 Å². The first-order valence-electron chi connectivity index (χ1n) is 12.2. The maximum atomic E-state index is 12.8. The maximum absolute atomic E-state index is 12.8. The number of methoxy groups -OCH3 is 1. The lowest BCUT2D eigenvalue weighted by Crippen LogP contribution is -2.49. The van der Waals surface area contributed by atoms with Gasteiger partial charge in [-0.25, -0.2) is 4.79 Å². The number of hydrogen-bond acceptors (Lipinski definition) is 6. The summed E-state index contributed by atoms with van der Waals surface area (Å²) in [7, 11) is 1.31. The number of rotatable bonds is 7. The summed E-state index contributed by atoms with van der Waals surface area (Å²) in [6, 6.07) is 20.0. The van der Waals surface area contributed by atoms with Gasteiger partial charge in [-0.1, -0.05) is 24.3 Å². The smallest absolute Gasteiger partial charge is 0.337 e. The number of anilines is 2. The Balaban J connectivity index is 1.46. The third kappa shape index (κ3) is 6.27. The van der Waals surface area contributed by atoms with Crippen LogP contribution in [0.5, 0.6) is 5.75 Å². The van der Waals surface area contributed by atoms with Crippen molar-refractivity contribution in [3.8, 4) is 5.75 Å². The molecule has 0 spiro atoms. The van der Waals surface area contributed by atoms with Gasteiger partial charge in [-0.15, -0.1) is 0 Å². The first-order chi connectivity index (χ1) is 17.9. The van der Waals surface area contributed by atoms with E-state index in [1.807, 2.05) is 67.3 Å². The maximum Gasteiger partial charge on any atom is 0.337 e. The van der Waals surface area contributed by atoms with Crippen molar-refractivity contribution in [2.24, 2.45) is 0 Å². The third-order valence-corrected chi connectivity index (χ3v) is 6.47. The molecule has 1 N–H and O–H groups in total. The Kier molecular flexibility index (Phi) is 8.08. The Morgan fingerprint density at radius 1 is 0.838 bits per heavy atom. The van der Waals surface area contributed by atoms with Crippen molar-refractivity contribution >= 4 is 29.2 Å². The number of ether oxygens (including phenoxy) is 2. The normalized spacial score (nSPS) is 13.2. The second-order valence-electron chi connectivity index (χ2n) is 8.95. The predicted molar refractivity (Wildman–Crippen MR) is 142 cm³/mol. The molecule has 3 aromatic carbocycles. The highest BCUT2D eigenvalue weighted by Crippen LogP contribution is 2.29. The van der Waals surface area contributed by atoms with Gasteiger partial charge in [0.25, 0.3) is 11.8 Å². The number of carbonyl (C=O) groups excluding carboxylic acids is 3. The highest BCUT2D eigenvalue weighted by molar-refractivity contribution is 5.99. The number of hydrogen-bond donors (Lipinski definition) is 1. The van der Waals surface area contributed by atoms with Crippen LogP contribution in [0.1, 0.15) is 31.8 Å². The molecule has 1 saturated heterocycles. The summed E-state index contributed by atoms with van der Waals surface area (Å²) in [5, 5.41) is 2.89. The van der Waals surface area contributed by atoms with E-state index in [4.69, 9.17) is 9.47 Å². The first-order valence-corrected chi connectivity index (χ1v) is 12.2. The Bertz CT molecular complexity index is 1280. The van der Waals surface area contributed by atoms with Crippen molar-refractivity contribution in [2.45, 2.75) is 13.8 Å². The average Bonchev–Trinajstić information content (AvgIpc) is 2.93. The van der Waals surface area contributed by atoms with Crippen LogP contribution in [0, 0.1) is 13.8 Å². The summed E-state index contributed by atoms with van der Waals surface area (Å²) in [6.45, 7) is 6.06. The van der Waals surface area contributed by atoms with Crippen LogP contribution in [-0.2, 0) is 9.53 Å². The lowest BCUT2D eigenvalue weighted by atomic mass is 10.1. The SMILES string of the molecule is COC(=O)c1ccc(N2CCN(C(=O)c3ccccc3)CC2)c(NC(=O)COc2ccc(C)c(C)c2)c1. The zero-order chi connectivity index (χ0) is 26.4. The van der Waals surface area contributed by atoms with Crippen molar-refractivity contribution in [2.75, 3.05) is 50.1 Å². The van der Waals surface area contributed by atoms with Crippen LogP contribution in [0.3, 0.4) is 0 Å². The molecule has 8 heteroatoms. The monoisotopic (exact) mass is 501 g/mol. The van der Waals surface area contributed by atoms with Gasteiger partial charge < -0.3 is 24.6 Å². The molecule has 0 saturated carbocycles. The van der Waals surface area contributed by atoms with E-state index in [0.717, 1.165) is 16.8 Å². The third-order valence-electron chi connectivity index (χ3n) is 6.47. The standard InChI is InChI=1S/C29H31N3O5/c1-20-9-11-24(17-21(20)2)37-19-27(33)30-25-18-23(29(35)36-3)10-12-26(25)31-13-15-32(16-14-31)28(34)22-7-5-4-6-8-22/h4-12,17-18H,13-16,19H2,1-3H3,(H,30,33). The van der Waals surface area contributed by atoms with Gasteiger partial charge in [-0.05, 0) is 67.4 Å². The molecule has 1 aliphatic rings. The number of amides is 2. The van der Waals surface area contributed by atoms with Gasteiger partial charge in [-0.3, -0.25) is 9.59 Å². The molecule has 1 aliphatic heterocycles. The van der Waals surface area contributed by atoms with E-state index in [-0.39, 0.29) is 18.4 Å². The Morgan fingerprint density at radius 3 is 2.24 bits per heavy atom. The summed E-state index contributed by atoms with van der Waals surface area (Å²) in [6.07, 6.45) is 0. The topological polar surface area (TPSA) is 88.2 Å². The van der Waals surface area contributed by atoms with E-state index < -0.39 is 5.97 Å². The van der Waals surface area contributed by atoms with Crippen LogP contribution in [0.25, 0.3) is 0 Å². The number of benzene rings is 3. The molecule has 1 heterocycles. The molecule has 1 fully saturated rings. The van der Waals surface area contributed by atoms with Crippen LogP contribution in [-0.4, -0.2) is 62.6 Å². The van der Waals surface area contributed by atoms with Crippen molar-refractivity contribution in [1.82, 2.24) is 4.90 Å². The number of nitrogens with zero attached hydrogens (tertiary/aromatic N) is 2. The quantitative estimate of drug-likeness (QED) is 0.491. The summed E-state index contributed by atoms with van der Waals surface area (Å²) >= 11 is 0. The van der Waals surface area contributed by atoms with E-state index in [0.29, 0.717) is 48.7 Å². The van der Waals surface area contributed by atoms with Gasteiger partial charge in [-0.2, -0.15) is 0 Å². The van der Waals surface area contributed by atoms with E-state index >= 15 is 0 Å². The average molecular weight is 502 g/mol. The van der Waals surface area contributed by atoms with Crippen LogP contribution in [0.2, 0.25) is 0 Å². The zero-order valence-corrected chi connectivity index (χ0v) is 21.3. The molecule has 0 atom stereocenters. The zero-order valence-electron chi connectivity index (χ0n) is 21.3. The summed E-state index contributed by atoms with van der Waals surface area (Å²) in [4.78, 5) is 41.7. The number of piperazine rings is 1. The van der Waals surface area contributed by atoms with Crippen molar-refractivity contribution in [1.29, 1.82) is 0 Å². The molecular formula is C29H31N3O5. The molecule has 0 unspecified atom stereocenters. The molecule has 0 radical (unpaired) electrons. The van der Waals surface area contributed by atoms with Gasteiger partial charge >= 0.3 is 5.97 Å². The van der Waals surface area contributed by atoms with Crippen molar-refractivity contribution in [3.05, 3.63) is 89.0 Å². The van der Waals surface area contributed by atoms with Crippen LogP contribution < -0.4 is 15.0 Å².